The van der Waals surface area contributed by atoms with Gasteiger partial charge in [0.2, 0.25) is 5.91 Å². The highest BCUT2D eigenvalue weighted by molar-refractivity contribution is 6.34. The van der Waals surface area contributed by atoms with Crippen molar-refractivity contribution in [3.05, 3.63) is 21.9 Å². The summed E-state index contributed by atoms with van der Waals surface area (Å²) in [5, 5.41) is 3.35. The van der Waals surface area contributed by atoms with Crippen LogP contribution in [0.2, 0.25) is 10.3 Å². The van der Waals surface area contributed by atoms with Crippen molar-refractivity contribution in [3.63, 3.8) is 0 Å². The van der Waals surface area contributed by atoms with Crippen molar-refractivity contribution in [2.24, 2.45) is 11.7 Å². The first-order valence-electron chi connectivity index (χ1n) is 6.70. The van der Waals surface area contributed by atoms with Crippen molar-refractivity contribution in [2.75, 3.05) is 5.32 Å². The number of nitrogens with two attached hydrogens (primary N) is 1. The standard InChI is InChI=1S/C14H21Cl2N3O/c1-8(5-4-6-10(3)17)14(20)19-12-9(2)7-11(15)18-13(12)16/h7-8,10H,4-6,17H2,1-3H3,(H,19,20). The van der Waals surface area contributed by atoms with Crippen LogP contribution in [0.4, 0.5) is 5.69 Å². The molecule has 6 heteroatoms. The summed E-state index contributed by atoms with van der Waals surface area (Å²) in [5.74, 6) is -0.163. The molecule has 0 radical (unpaired) electrons. The summed E-state index contributed by atoms with van der Waals surface area (Å²) in [4.78, 5) is 16.0. The van der Waals surface area contributed by atoms with Crippen LogP contribution in [0.1, 0.15) is 38.7 Å². The average molecular weight is 318 g/mol. The number of pyridine rings is 1. The van der Waals surface area contributed by atoms with E-state index in [1.807, 2.05) is 20.8 Å². The van der Waals surface area contributed by atoms with Crippen molar-refractivity contribution >= 4 is 34.8 Å². The normalized spacial score (nSPS) is 13.9. The van der Waals surface area contributed by atoms with E-state index in [1.54, 1.807) is 6.07 Å². The van der Waals surface area contributed by atoms with E-state index in [0.717, 1.165) is 24.8 Å². The second-order valence-corrected chi connectivity index (χ2v) is 5.97. The SMILES string of the molecule is Cc1cc(Cl)nc(Cl)c1NC(=O)C(C)CCCC(C)N. The molecule has 112 valence electrons. The first kappa shape index (κ1) is 17.2. The summed E-state index contributed by atoms with van der Waals surface area (Å²) >= 11 is 11.8. The first-order chi connectivity index (χ1) is 9.31. The number of aromatic nitrogens is 1. The Kier molecular flexibility index (Phi) is 6.72. The molecule has 1 aromatic rings. The zero-order chi connectivity index (χ0) is 15.3. The van der Waals surface area contributed by atoms with Gasteiger partial charge in [0.1, 0.15) is 5.15 Å². The van der Waals surface area contributed by atoms with Gasteiger partial charge in [0.25, 0.3) is 0 Å². The van der Waals surface area contributed by atoms with Crippen molar-refractivity contribution in [3.8, 4) is 0 Å². The minimum absolute atomic E-state index is 0.0659. The van der Waals surface area contributed by atoms with E-state index in [1.165, 1.54) is 0 Å². The maximum atomic E-state index is 12.1. The smallest absolute Gasteiger partial charge is 0.227 e. The van der Waals surface area contributed by atoms with Crippen molar-refractivity contribution in [1.29, 1.82) is 0 Å². The predicted molar refractivity (Wildman–Crippen MR) is 84.3 cm³/mol. The first-order valence-corrected chi connectivity index (χ1v) is 7.46. The molecule has 0 spiro atoms. The molecule has 0 aliphatic rings. The lowest BCUT2D eigenvalue weighted by Gasteiger charge is -2.15. The zero-order valence-electron chi connectivity index (χ0n) is 12.0. The summed E-state index contributed by atoms with van der Waals surface area (Å²) in [7, 11) is 0. The van der Waals surface area contributed by atoms with Gasteiger partial charge in [-0.25, -0.2) is 4.98 Å². The quantitative estimate of drug-likeness (QED) is 0.784. The topological polar surface area (TPSA) is 68.0 Å². The number of amides is 1. The number of nitrogens with zero attached hydrogens (tertiary/aromatic N) is 1. The van der Waals surface area contributed by atoms with E-state index in [2.05, 4.69) is 10.3 Å². The van der Waals surface area contributed by atoms with Crippen LogP contribution in [0, 0.1) is 12.8 Å². The van der Waals surface area contributed by atoms with Gasteiger partial charge in [-0.3, -0.25) is 4.79 Å². The van der Waals surface area contributed by atoms with E-state index < -0.39 is 0 Å². The highest BCUT2D eigenvalue weighted by atomic mass is 35.5. The van der Waals surface area contributed by atoms with Crippen molar-refractivity contribution in [2.45, 2.75) is 46.1 Å². The Balaban J connectivity index is 2.62. The Labute approximate surface area is 130 Å². The molecule has 0 saturated carbocycles. The fourth-order valence-corrected chi connectivity index (χ4v) is 2.45. The molecule has 0 aliphatic heterocycles. The maximum Gasteiger partial charge on any atom is 0.227 e. The summed E-state index contributed by atoms with van der Waals surface area (Å²) in [6.45, 7) is 5.69. The molecule has 0 bridgehead atoms. The van der Waals surface area contributed by atoms with Crippen LogP contribution >= 0.6 is 23.2 Å². The zero-order valence-corrected chi connectivity index (χ0v) is 13.6. The predicted octanol–water partition coefficient (Wildman–Crippen LogP) is 3.79. The van der Waals surface area contributed by atoms with Crippen LogP contribution < -0.4 is 11.1 Å². The minimum atomic E-state index is -0.0973. The number of hydrogen-bond donors (Lipinski definition) is 2. The average Bonchev–Trinajstić information content (AvgIpc) is 2.32. The molecule has 1 amide bonds. The lowest BCUT2D eigenvalue weighted by Crippen LogP contribution is -2.22. The number of halogens is 2. The number of hydrogen-bond acceptors (Lipinski definition) is 3. The number of carbonyl (C=O) groups is 1. The second kappa shape index (κ2) is 7.81. The van der Waals surface area contributed by atoms with Gasteiger partial charge < -0.3 is 11.1 Å². The molecule has 3 N–H and O–H groups in total. The third-order valence-electron chi connectivity index (χ3n) is 3.13. The third-order valence-corrected chi connectivity index (χ3v) is 3.60. The van der Waals surface area contributed by atoms with E-state index >= 15 is 0 Å². The largest absolute Gasteiger partial charge is 0.328 e. The van der Waals surface area contributed by atoms with Crippen molar-refractivity contribution in [1.82, 2.24) is 4.98 Å². The van der Waals surface area contributed by atoms with Crippen molar-refractivity contribution < 1.29 is 4.79 Å². The van der Waals surface area contributed by atoms with E-state index in [0.29, 0.717) is 10.8 Å². The van der Waals surface area contributed by atoms with Gasteiger partial charge in [-0.05, 0) is 38.3 Å². The summed E-state index contributed by atoms with van der Waals surface area (Å²) in [6, 6.07) is 1.84. The van der Waals surface area contributed by atoms with Crippen LogP contribution in [0.5, 0.6) is 0 Å². The Morgan fingerprint density at radius 2 is 2.05 bits per heavy atom. The molecule has 0 fully saturated rings. The van der Waals surface area contributed by atoms with E-state index in [-0.39, 0.29) is 23.0 Å². The molecule has 0 saturated heterocycles. The monoisotopic (exact) mass is 317 g/mol. The Morgan fingerprint density at radius 3 is 2.60 bits per heavy atom. The summed E-state index contributed by atoms with van der Waals surface area (Å²) < 4.78 is 0. The number of aryl methyl sites for hydroxylation is 1. The Hall–Kier alpha value is -0.840. The molecule has 20 heavy (non-hydrogen) atoms. The molecule has 1 heterocycles. The van der Waals surface area contributed by atoms with Gasteiger partial charge in [-0.1, -0.05) is 36.5 Å². The van der Waals surface area contributed by atoms with Gasteiger partial charge in [-0.15, -0.1) is 0 Å². The molecular formula is C14H21Cl2N3O. The van der Waals surface area contributed by atoms with Gasteiger partial charge in [-0.2, -0.15) is 0 Å². The number of anilines is 1. The van der Waals surface area contributed by atoms with Crippen LogP contribution in [-0.4, -0.2) is 16.9 Å². The molecule has 1 aromatic heterocycles. The highest BCUT2D eigenvalue weighted by Crippen LogP contribution is 2.27. The maximum absolute atomic E-state index is 12.1. The van der Waals surface area contributed by atoms with Gasteiger partial charge in [0.15, 0.2) is 5.15 Å². The molecule has 4 nitrogen and oxygen atoms in total. The summed E-state index contributed by atoms with van der Waals surface area (Å²) in [5.41, 5.74) is 7.02. The van der Waals surface area contributed by atoms with Gasteiger partial charge in [0.05, 0.1) is 5.69 Å². The lowest BCUT2D eigenvalue weighted by atomic mass is 10.0. The summed E-state index contributed by atoms with van der Waals surface area (Å²) in [6.07, 6.45) is 2.64. The number of carbonyl (C=O) groups excluding carboxylic acids is 1. The van der Waals surface area contributed by atoms with Crippen LogP contribution in [0.3, 0.4) is 0 Å². The van der Waals surface area contributed by atoms with E-state index in [9.17, 15) is 4.79 Å². The molecule has 0 aliphatic carbocycles. The minimum Gasteiger partial charge on any atom is -0.328 e. The van der Waals surface area contributed by atoms with E-state index in [4.69, 9.17) is 28.9 Å². The Morgan fingerprint density at radius 1 is 1.40 bits per heavy atom. The Bertz CT molecular complexity index is 454. The molecule has 2 unspecified atom stereocenters. The third kappa shape index (κ3) is 5.27. The van der Waals surface area contributed by atoms with Gasteiger partial charge in [0, 0.05) is 12.0 Å². The molecule has 0 aromatic carbocycles. The van der Waals surface area contributed by atoms with Gasteiger partial charge >= 0.3 is 0 Å². The molecule has 1 rings (SSSR count). The lowest BCUT2D eigenvalue weighted by molar-refractivity contribution is -0.119. The fraction of sp³-hybridized carbons (Fsp3) is 0.571. The van der Waals surface area contributed by atoms with Crippen LogP contribution in [-0.2, 0) is 4.79 Å². The fourth-order valence-electron chi connectivity index (χ4n) is 1.87. The van der Waals surface area contributed by atoms with Crippen LogP contribution in [0.15, 0.2) is 6.07 Å². The molecular weight excluding hydrogens is 297 g/mol. The van der Waals surface area contributed by atoms with Crippen LogP contribution in [0.25, 0.3) is 0 Å². The highest BCUT2D eigenvalue weighted by Gasteiger charge is 2.16. The number of nitrogens with one attached hydrogen (secondary N) is 1. The molecule has 2 atom stereocenters. The number of rotatable bonds is 6. The second-order valence-electron chi connectivity index (χ2n) is 5.23.